The van der Waals surface area contributed by atoms with E-state index in [-0.39, 0.29) is 0 Å². The molecule has 0 amide bonds. The molecular weight excluding hydrogens is 324 g/mol. The molecule has 1 aliphatic heterocycles. The summed E-state index contributed by atoms with van der Waals surface area (Å²) in [5, 5.41) is 0.883. The summed E-state index contributed by atoms with van der Waals surface area (Å²) in [6.45, 7) is 1.08. The zero-order chi connectivity index (χ0) is 16.5. The number of rotatable bonds is 4. The Morgan fingerprint density at radius 2 is 2.04 bits per heavy atom. The lowest BCUT2D eigenvalue weighted by Gasteiger charge is -2.30. The van der Waals surface area contributed by atoms with E-state index in [1.165, 1.54) is 0 Å². The SMILES string of the molecule is COCN1c2cc(Cn3ccnc3N)ccc2Sc2nccnc21. The van der Waals surface area contributed by atoms with Gasteiger partial charge in [-0.25, -0.2) is 15.0 Å². The molecule has 0 atom stereocenters. The van der Waals surface area contributed by atoms with Crippen molar-refractivity contribution in [2.45, 2.75) is 16.5 Å². The first kappa shape index (κ1) is 15.0. The highest BCUT2D eigenvalue weighted by Gasteiger charge is 2.25. The predicted molar refractivity (Wildman–Crippen MR) is 92.4 cm³/mol. The Kier molecular flexibility index (Phi) is 3.83. The third kappa shape index (κ3) is 2.59. The van der Waals surface area contributed by atoms with E-state index in [2.05, 4.69) is 33.2 Å². The Labute approximate surface area is 143 Å². The van der Waals surface area contributed by atoms with E-state index in [1.807, 2.05) is 15.7 Å². The normalized spacial score (nSPS) is 12.8. The number of nitrogen functional groups attached to an aromatic ring is 1. The maximum atomic E-state index is 5.86. The largest absolute Gasteiger partial charge is 0.369 e. The molecule has 0 radical (unpaired) electrons. The molecule has 0 saturated carbocycles. The lowest BCUT2D eigenvalue weighted by molar-refractivity contribution is 0.204. The molecule has 0 bridgehead atoms. The van der Waals surface area contributed by atoms with E-state index in [9.17, 15) is 0 Å². The highest BCUT2D eigenvalue weighted by Crippen LogP contribution is 2.46. The van der Waals surface area contributed by atoms with Crippen molar-refractivity contribution in [1.29, 1.82) is 0 Å². The van der Waals surface area contributed by atoms with Crippen LogP contribution in [-0.2, 0) is 11.3 Å². The summed E-state index contributed by atoms with van der Waals surface area (Å²) >= 11 is 1.62. The minimum absolute atomic E-state index is 0.413. The first-order valence-corrected chi connectivity index (χ1v) is 8.23. The number of anilines is 3. The van der Waals surface area contributed by atoms with Gasteiger partial charge in [0.2, 0.25) is 0 Å². The van der Waals surface area contributed by atoms with Gasteiger partial charge in [-0.05, 0) is 17.7 Å². The number of benzene rings is 1. The molecule has 8 heteroatoms. The van der Waals surface area contributed by atoms with Gasteiger partial charge in [-0.2, -0.15) is 0 Å². The zero-order valence-electron chi connectivity index (χ0n) is 13.1. The van der Waals surface area contributed by atoms with Crippen molar-refractivity contribution in [1.82, 2.24) is 19.5 Å². The van der Waals surface area contributed by atoms with Crippen LogP contribution in [-0.4, -0.2) is 33.4 Å². The molecule has 3 heterocycles. The second-order valence-electron chi connectivity index (χ2n) is 5.35. The first-order valence-electron chi connectivity index (χ1n) is 7.41. The van der Waals surface area contributed by atoms with Crippen LogP contribution in [0.2, 0.25) is 0 Å². The van der Waals surface area contributed by atoms with Crippen molar-refractivity contribution < 1.29 is 4.74 Å². The Bertz CT molecular complexity index is 881. The van der Waals surface area contributed by atoms with Crippen LogP contribution in [0.3, 0.4) is 0 Å². The van der Waals surface area contributed by atoms with Crippen LogP contribution < -0.4 is 10.6 Å². The van der Waals surface area contributed by atoms with Crippen LogP contribution in [0.5, 0.6) is 0 Å². The lowest BCUT2D eigenvalue weighted by Crippen LogP contribution is -2.24. The number of hydrogen-bond acceptors (Lipinski definition) is 7. The van der Waals surface area contributed by atoms with E-state index >= 15 is 0 Å². The number of fused-ring (bicyclic) bond motifs is 2. The van der Waals surface area contributed by atoms with Crippen LogP contribution in [0.1, 0.15) is 5.56 Å². The minimum atomic E-state index is 0.413. The van der Waals surface area contributed by atoms with Crippen LogP contribution in [0, 0.1) is 0 Å². The second kappa shape index (κ2) is 6.14. The van der Waals surface area contributed by atoms with Crippen LogP contribution >= 0.6 is 11.8 Å². The quantitative estimate of drug-likeness (QED) is 0.781. The van der Waals surface area contributed by atoms with Crippen molar-refractivity contribution in [3.63, 3.8) is 0 Å². The van der Waals surface area contributed by atoms with E-state index in [1.54, 1.807) is 37.5 Å². The fourth-order valence-corrected chi connectivity index (χ4v) is 3.67. The molecule has 122 valence electrons. The van der Waals surface area contributed by atoms with Crippen molar-refractivity contribution in [2.24, 2.45) is 0 Å². The van der Waals surface area contributed by atoms with Gasteiger partial charge in [-0.15, -0.1) is 0 Å². The summed E-state index contributed by atoms with van der Waals surface area (Å²) in [5.41, 5.74) is 8.06. The molecule has 0 spiro atoms. The molecule has 0 unspecified atom stereocenters. The van der Waals surface area contributed by atoms with Gasteiger partial charge in [-0.3, -0.25) is 4.90 Å². The average Bonchev–Trinajstić information content (AvgIpc) is 3.00. The van der Waals surface area contributed by atoms with Crippen molar-refractivity contribution in [3.8, 4) is 0 Å². The maximum Gasteiger partial charge on any atom is 0.200 e. The summed E-state index contributed by atoms with van der Waals surface area (Å²) in [7, 11) is 1.67. The number of aromatic nitrogens is 4. The lowest BCUT2D eigenvalue weighted by atomic mass is 10.2. The standard InChI is InChI=1S/C16H16N6OS/c1-23-10-22-12-8-11(9-21-7-6-20-16(21)17)2-3-13(12)24-15-14(22)18-4-5-19-15/h2-8H,9-10H2,1H3,(H2,17,20). The maximum absolute atomic E-state index is 5.86. The number of methoxy groups -OCH3 is 1. The van der Waals surface area contributed by atoms with Crippen LogP contribution in [0.15, 0.2) is 52.9 Å². The Balaban J connectivity index is 1.73. The average molecular weight is 340 g/mol. The molecule has 0 fully saturated rings. The van der Waals surface area contributed by atoms with E-state index in [0.29, 0.717) is 19.2 Å². The Morgan fingerprint density at radius 1 is 1.17 bits per heavy atom. The molecule has 1 aliphatic rings. The van der Waals surface area contributed by atoms with Gasteiger partial charge in [0.25, 0.3) is 0 Å². The molecule has 7 nitrogen and oxygen atoms in total. The van der Waals surface area contributed by atoms with E-state index in [4.69, 9.17) is 10.5 Å². The summed E-state index contributed by atoms with van der Waals surface area (Å²) < 4.78 is 7.28. The monoisotopic (exact) mass is 340 g/mol. The first-order chi connectivity index (χ1) is 11.8. The van der Waals surface area contributed by atoms with Gasteiger partial charge >= 0.3 is 0 Å². The summed E-state index contributed by atoms with van der Waals surface area (Å²) in [5.74, 6) is 1.32. The molecule has 0 saturated heterocycles. The third-order valence-electron chi connectivity index (χ3n) is 3.78. The molecule has 2 N–H and O–H groups in total. The van der Waals surface area contributed by atoms with Crippen molar-refractivity contribution in [2.75, 3.05) is 24.5 Å². The number of imidazole rings is 1. The Morgan fingerprint density at radius 3 is 2.83 bits per heavy atom. The topological polar surface area (TPSA) is 82.1 Å². The molecule has 3 aromatic rings. The van der Waals surface area contributed by atoms with E-state index < -0.39 is 0 Å². The molecule has 24 heavy (non-hydrogen) atoms. The predicted octanol–water partition coefficient (Wildman–Crippen LogP) is 2.51. The van der Waals surface area contributed by atoms with Gasteiger partial charge < -0.3 is 15.0 Å². The summed E-state index contributed by atoms with van der Waals surface area (Å²) in [4.78, 5) is 16.1. The smallest absolute Gasteiger partial charge is 0.200 e. The second-order valence-corrected chi connectivity index (χ2v) is 6.38. The van der Waals surface area contributed by atoms with Crippen LogP contribution in [0.4, 0.5) is 17.5 Å². The highest BCUT2D eigenvalue weighted by atomic mass is 32.2. The van der Waals surface area contributed by atoms with E-state index in [0.717, 1.165) is 27.0 Å². The number of hydrogen-bond donors (Lipinski definition) is 1. The molecule has 2 aromatic heterocycles. The Hall–Kier alpha value is -2.58. The number of nitrogens with two attached hydrogens (primary N) is 1. The minimum Gasteiger partial charge on any atom is -0.369 e. The van der Waals surface area contributed by atoms with Gasteiger partial charge in [0.15, 0.2) is 11.8 Å². The van der Waals surface area contributed by atoms with Gasteiger partial charge in [0, 0.05) is 36.8 Å². The molecule has 0 aliphatic carbocycles. The highest BCUT2D eigenvalue weighted by molar-refractivity contribution is 7.99. The van der Waals surface area contributed by atoms with Crippen LogP contribution in [0.25, 0.3) is 0 Å². The molecule has 1 aromatic carbocycles. The number of ether oxygens (including phenoxy) is 1. The fourth-order valence-electron chi connectivity index (χ4n) is 2.68. The van der Waals surface area contributed by atoms with Crippen molar-refractivity contribution in [3.05, 3.63) is 48.5 Å². The van der Waals surface area contributed by atoms with Crippen molar-refractivity contribution >= 4 is 29.2 Å². The molecule has 4 rings (SSSR count). The number of nitrogens with zero attached hydrogens (tertiary/aromatic N) is 5. The third-order valence-corrected chi connectivity index (χ3v) is 4.83. The van der Waals surface area contributed by atoms with Gasteiger partial charge in [0.05, 0.1) is 12.2 Å². The van der Waals surface area contributed by atoms with Gasteiger partial charge in [-0.1, -0.05) is 17.8 Å². The summed E-state index contributed by atoms with van der Waals surface area (Å²) in [6.07, 6.45) is 6.98. The fraction of sp³-hybridized carbons (Fsp3) is 0.188. The zero-order valence-corrected chi connectivity index (χ0v) is 13.9. The summed E-state index contributed by atoms with van der Waals surface area (Å²) in [6, 6.07) is 6.33. The van der Waals surface area contributed by atoms with Gasteiger partial charge in [0.1, 0.15) is 11.8 Å². The molecular formula is C16H16N6OS.